The second-order valence-corrected chi connectivity index (χ2v) is 9.09. The molecule has 1 aromatic heterocycles. The maximum absolute atomic E-state index is 13.4. The number of ether oxygens (including phenoxy) is 1. The molecule has 2 aromatic carbocycles. The third-order valence-electron chi connectivity index (χ3n) is 4.90. The molecule has 3 aromatic rings. The van der Waals surface area contributed by atoms with Crippen LogP contribution < -0.4 is 14.4 Å². The molecule has 0 radical (unpaired) electrons. The third-order valence-corrected chi connectivity index (χ3v) is 6.70. The highest BCUT2D eigenvalue weighted by molar-refractivity contribution is 7.92. The summed E-state index contributed by atoms with van der Waals surface area (Å²) in [5, 5.41) is 2.74. The second kappa shape index (κ2) is 7.87. The molecule has 30 heavy (non-hydrogen) atoms. The molecule has 1 aliphatic heterocycles. The smallest absolute Gasteiger partial charge is 0.264 e. The van der Waals surface area contributed by atoms with E-state index in [1.807, 2.05) is 19.9 Å². The summed E-state index contributed by atoms with van der Waals surface area (Å²) >= 11 is 0. The van der Waals surface area contributed by atoms with Crippen molar-refractivity contribution in [2.24, 2.45) is 0 Å². The molecular formula is C22H22N2O5S. The number of amides is 1. The number of fused-ring (bicyclic) bond motifs is 1. The Morgan fingerprint density at radius 1 is 1.10 bits per heavy atom. The number of benzene rings is 2. The van der Waals surface area contributed by atoms with E-state index in [2.05, 4.69) is 5.32 Å². The lowest BCUT2D eigenvalue weighted by Gasteiger charge is -2.35. The molecule has 0 saturated carbocycles. The van der Waals surface area contributed by atoms with E-state index in [1.165, 1.54) is 10.6 Å². The van der Waals surface area contributed by atoms with Crippen LogP contribution in [-0.4, -0.2) is 27.0 Å². The highest BCUT2D eigenvalue weighted by Crippen LogP contribution is 2.37. The minimum absolute atomic E-state index is 0.129. The number of rotatable bonds is 5. The lowest BCUT2D eigenvalue weighted by molar-refractivity contribution is -0.128. The normalized spacial score (nSPS) is 15.9. The molecule has 156 valence electrons. The predicted octanol–water partition coefficient (Wildman–Crippen LogP) is 3.17. The van der Waals surface area contributed by atoms with Crippen molar-refractivity contribution in [3.63, 3.8) is 0 Å². The predicted molar refractivity (Wildman–Crippen MR) is 112 cm³/mol. The van der Waals surface area contributed by atoms with Gasteiger partial charge in [0.1, 0.15) is 11.5 Å². The molecule has 1 atom stereocenters. The van der Waals surface area contributed by atoms with Gasteiger partial charge in [0.15, 0.2) is 6.10 Å². The Balaban J connectivity index is 1.65. The van der Waals surface area contributed by atoms with Crippen molar-refractivity contribution in [3.8, 4) is 5.75 Å². The van der Waals surface area contributed by atoms with E-state index >= 15 is 0 Å². The molecule has 2 heterocycles. The first kappa shape index (κ1) is 20.0. The number of anilines is 1. The number of furan rings is 1. The number of carbonyl (C=O) groups excluding carboxylic acids is 1. The maximum Gasteiger partial charge on any atom is 0.264 e. The van der Waals surface area contributed by atoms with E-state index in [0.29, 0.717) is 17.2 Å². The van der Waals surface area contributed by atoms with E-state index in [-0.39, 0.29) is 18.0 Å². The van der Waals surface area contributed by atoms with Crippen LogP contribution in [0.5, 0.6) is 5.75 Å². The van der Waals surface area contributed by atoms with Crippen molar-refractivity contribution in [2.45, 2.75) is 31.4 Å². The molecule has 0 aliphatic carbocycles. The first-order chi connectivity index (χ1) is 14.3. The van der Waals surface area contributed by atoms with E-state index in [1.54, 1.807) is 48.5 Å². The summed E-state index contributed by atoms with van der Waals surface area (Å²) in [6.45, 7) is 3.83. The van der Waals surface area contributed by atoms with Gasteiger partial charge in [-0.1, -0.05) is 23.8 Å². The molecule has 0 fully saturated rings. The number of aryl methyl sites for hydroxylation is 2. The average molecular weight is 426 g/mol. The molecule has 1 aliphatic rings. The quantitative estimate of drug-likeness (QED) is 0.677. The van der Waals surface area contributed by atoms with E-state index < -0.39 is 22.0 Å². The van der Waals surface area contributed by atoms with Gasteiger partial charge in [-0.3, -0.25) is 9.10 Å². The Bertz CT molecular complexity index is 1150. The maximum atomic E-state index is 13.4. The van der Waals surface area contributed by atoms with Crippen LogP contribution in [0.3, 0.4) is 0 Å². The van der Waals surface area contributed by atoms with Gasteiger partial charge in [-0.15, -0.1) is 0 Å². The van der Waals surface area contributed by atoms with Gasteiger partial charge >= 0.3 is 0 Å². The fourth-order valence-electron chi connectivity index (χ4n) is 3.26. The molecule has 1 N–H and O–H groups in total. The number of hydrogen-bond acceptors (Lipinski definition) is 5. The van der Waals surface area contributed by atoms with Crippen molar-refractivity contribution in [3.05, 3.63) is 77.7 Å². The zero-order valence-electron chi connectivity index (χ0n) is 16.7. The molecule has 0 spiro atoms. The van der Waals surface area contributed by atoms with Gasteiger partial charge in [-0.2, -0.15) is 0 Å². The number of sulfonamides is 1. The topological polar surface area (TPSA) is 88.9 Å². The van der Waals surface area contributed by atoms with Crippen LogP contribution in [0.4, 0.5) is 5.69 Å². The zero-order valence-corrected chi connectivity index (χ0v) is 17.5. The Hall–Kier alpha value is -3.26. The Labute approximate surface area is 175 Å². The number of nitrogens with zero attached hydrogens (tertiary/aromatic N) is 1. The lowest BCUT2D eigenvalue weighted by Crippen LogP contribution is -2.50. The summed E-state index contributed by atoms with van der Waals surface area (Å²) in [6.07, 6.45) is 0.530. The molecular weight excluding hydrogens is 404 g/mol. The fraction of sp³-hybridized carbons (Fsp3) is 0.227. The fourth-order valence-corrected chi connectivity index (χ4v) is 4.74. The molecule has 0 bridgehead atoms. The minimum Gasteiger partial charge on any atom is -0.476 e. The second-order valence-electron chi connectivity index (χ2n) is 7.22. The summed E-state index contributed by atoms with van der Waals surface area (Å²) in [5.74, 6) is 0.539. The molecule has 4 rings (SSSR count). The van der Waals surface area contributed by atoms with Gasteiger partial charge in [0, 0.05) is 0 Å². The zero-order chi connectivity index (χ0) is 21.3. The van der Waals surface area contributed by atoms with Crippen molar-refractivity contribution in [2.75, 3.05) is 10.8 Å². The largest absolute Gasteiger partial charge is 0.476 e. The number of hydrogen-bond donors (Lipinski definition) is 1. The van der Waals surface area contributed by atoms with Gasteiger partial charge in [0.2, 0.25) is 0 Å². The van der Waals surface area contributed by atoms with Gasteiger partial charge in [0.05, 0.1) is 29.9 Å². The van der Waals surface area contributed by atoms with Crippen LogP contribution in [0.2, 0.25) is 0 Å². The summed E-state index contributed by atoms with van der Waals surface area (Å²) in [7, 11) is -3.87. The summed E-state index contributed by atoms with van der Waals surface area (Å²) in [4.78, 5) is 12.9. The highest BCUT2D eigenvalue weighted by atomic mass is 32.2. The van der Waals surface area contributed by atoms with Crippen LogP contribution in [0.1, 0.15) is 16.9 Å². The van der Waals surface area contributed by atoms with Crippen molar-refractivity contribution >= 4 is 21.6 Å². The SMILES string of the molecule is Cc1ccc(S(=O)(=O)N2C[C@H](C(=O)NCc3ccco3)Oc3cc(C)ccc32)cc1. The molecule has 8 heteroatoms. The van der Waals surface area contributed by atoms with Crippen LogP contribution in [0, 0.1) is 13.8 Å². The number of carbonyl (C=O) groups is 1. The van der Waals surface area contributed by atoms with Crippen molar-refractivity contribution in [1.29, 1.82) is 0 Å². The van der Waals surface area contributed by atoms with E-state index in [0.717, 1.165) is 11.1 Å². The van der Waals surface area contributed by atoms with Crippen LogP contribution >= 0.6 is 0 Å². The van der Waals surface area contributed by atoms with Gasteiger partial charge < -0.3 is 14.5 Å². The van der Waals surface area contributed by atoms with Gasteiger partial charge in [-0.25, -0.2) is 8.42 Å². The Morgan fingerprint density at radius 2 is 1.83 bits per heavy atom. The third kappa shape index (κ3) is 3.91. The lowest BCUT2D eigenvalue weighted by atomic mass is 10.1. The number of nitrogens with one attached hydrogen (secondary N) is 1. The summed E-state index contributed by atoms with van der Waals surface area (Å²) in [6, 6.07) is 15.4. The molecule has 0 saturated heterocycles. The molecule has 1 amide bonds. The summed E-state index contributed by atoms with van der Waals surface area (Å²) in [5.41, 5.74) is 2.27. The van der Waals surface area contributed by atoms with Crippen LogP contribution in [0.25, 0.3) is 0 Å². The van der Waals surface area contributed by atoms with Crippen LogP contribution in [-0.2, 0) is 21.4 Å². The van der Waals surface area contributed by atoms with Crippen LogP contribution in [0.15, 0.2) is 70.2 Å². The summed E-state index contributed by atoms with van der Waals surface area (Å²) < 4.78 is 39.1. The minimum atomic E-state index is -3.87. The molecule has 7 nitrogen and oxygen atoms in total. The van der Waals surface area contributed by atoms with Gasteiger partial charge in [-0.05, 0) is 55.8 Å². The van der Waals surface area contributed by atoms with Crippen molar-refractivity contribution in [1.82, 2.24) is 5.32 Å². The van der Waals surface area contributed by atoms with Gasteiger partial charge in [0.25, 0.3) is 15.9 Å². The first-order valence-corrected chi connectivity index (χ1v) is 11.0. The Kier molecular flexibility index (Phi) is 5.26. The Morgan fingerprint density at radius 3 is 2.53 bits per heavy atom. The first-order valence-electron chi connectivity index (χ1n) is 9.51. The molecule has 0 unspecified atom stereocenters. The van der Waals surface area contributed by atoms with Crippen molar-refractivity contribution < 1.29 is 22.4 Å². The van der Waals surface area contributed by atoms with E-state index in [4.69, 9.17) is 9.15 Å². The monoisotopic (exact) mass is 426 g/mol. The van der Waals surface area contributed by atoms with E-state index in [9.17, 15) is 13.2 Å². The standard InChI is InChI=1S/C22H22N2O5S/c1-15-5-8-18(9-6-15)30(26,27)24-14-21(22(25)23-13-17-4-3-11-28-17)29-20-12-16(2)7-10-19(20)24/h3-12,21H,13-14H2,1-2H3,(H,23,25)/t21-/m1/s1. The highest BCUT2D eigenvalue weighted by Gasteiger charge is 2.37. The average Bonchev–Trinajstić information content (AvgIpc) is 3.25.